The molecule has 0 atom stereocenters. The number of rotatable bonds is 1. The second-order valence-corrected chi connectivity index (χ2v) is 5.32. The minimum absolute atomic E-state index is 0.184. The summed E-state index contributed by atoms with van der Waals surface area (Å²) in [7, 11) is 0. The molecule has 0 radical (unpaired) electrons. The molecule has 0 aromatic heterocycles. The van der Waals surface area contributed by atoms with Crippen LogP contribution >= 0.6 is 27.5 Å². The summed E-state index contributed by atoms with van der Waals surface area (Å²) in [6.45, 7) is 6.61. The van der Waals surface area contributed by atoms with Gasteiger partial charge in [-0.2, -0.15) is 0 Å². The maximum absolute atomic E-state index is 5.74. The third kappa shape index (κ3) is 2.72. The van der Waals surface area contributed by atoms with Gasteiger partial charge in [0.15, 0.2) is 0 Å². The summed E-state index contributed by atoms with van der Waals surface area (Å²) in [5.41, 5.74) is 2.66. The molecule has 0 aliphatic heterocycles. The van der Waals surface area contributed by atoms with Crippen LogP contribution in [0, 0.1) is 0 Å². The van der Waals surface area contributed by atoms with Crippen LogP contribution in [-0.4, -0.2) is 0 Å². The highest BCUT2D eigenvalue weighted by Crippen LogP contribution is 2.30. The van der Waals surface area contributed by atoms with Crippen LogP contribution in [0.2, 0.25) is 0 Å². The van der Waals surface area contributed by atoms with E-state index < -0.39 is 0 Å². The Morgan fingerprint density at radius 3 is 2.31 bits per heavy atom. The number of hydrogen-bond acceptors (Lipinski definition) is 0. The quantitative estimate of drug-likeness (QED) is 0.654. The maximum Gasteiger partial charge on any atom is 0.0474 e. The molecule has 0 fully saturated rings. The van der Waals surface area contributed by atoms with Gasteiger partial charge in [-0.05, 0) is 22.6 Å². The molecule has 1 aromatic carbocycles. The van der Waals surface area contributed by atoms with Crippen LogP contribution in [0.1, 0.15) is 31.9 Å². The molecule has 0 N–H and O–H groups in total. The highest BCUT2D eigenvalue weighted by Gasteiger charge is 2.16. The average Bonchev–Trinajstić information content (AvgIpc) is 2.01. The van der Waals surface area contributed by atoms with Crippen molar-refractivity contribution in [3.63, 3.8) is 0 Å². The first-order valence-corrected chi connectivity index (χ1v) is 5.63. The second-order valence-electron chi connectivity index (χ2n) is 4.20. The summed E-state index contributed by atoms with van der Waals surface area (Å²) in [4.78, 5) is 0. The van der Waals surface area contributed by atoms with E-state index >= 15 is 0 Å². The van der Waals surface area contributed by atoms with E-state index in [1.165, 1.54) is 5.56 Å². The van der Waals surface area contributed by atoms with E-state index in [4.69, 9.17) is 11.6 Å². The third-order valence-electron chi connectivity index (χ3n) is 2.00. The Hall–Kier alpha value is -0.0100. The van der Waals surface area contributed by atoms with Crippen molar-refractivity contribution in [3.05, 3.63) is 33.8 Å². The molecule has 0 heterocycles. The van der Waals surface area contributed by atoms with Crippen molar-refractivity contribution in [1.29, 1.82) is 0 Å². The standard InChI is InChI=1S/C11H14BrCl/c1-11(2,3)9-5-4-8(7-13)6-10(9)12/h4-6H,7H2,1-3H3. The van der Waals surface area contributed by atoms with Crippen LogP contribution in [-0.2, 0) is 11.3 Å². The lowest BCUT2D eigenvalue weighted by molar-refractivity contribution is 0.587. The van der Waals surface area contributed by atoms with Gasteiger partial charge < -0.3 is 0 Å². The zero-order valence-corrected chi connectivity index (χ0v) is 10.5. The van der Waals surface area contributed by atoms with Crippen molar-refractivity contribution in [1.82, 2.24) is 0 Å². The molecule has 1 aromatic rings. The number of benzene rings is 1. The second kappa shape index (κ2) is 4.02. The fourth-order valence-electron chi connectivity index (χ4n) is 1.25. The van der Waals surface area contributed by atoms with E-state index in [1.54, 1.807) is 0 Å². The van der Waals surface area contributed by atoms with E-state index in [2.05, 4.69) is 54.9 Å². The fraction of sp³-hybridized carbons (Fsp3) is 0.455. The van der Waals surface area contributed by atoms with Crippen LogP contribution in [0.25, 0.3) is 0 Å². The van der Waals surface area contributed by atoms with Crippen LogP contribution in [0.4, 0.5) is 0 Å². The SMILES string of the molecule is CC(C)(C)c1ccc(CCl)cc1Br. The molecule has 0 amide bonds. The van der Waals surface area contributed by atoms with Gasteiger partial charge in [0.25, 0.3) is 0 Å². The first kappa shape index (κ1) is 11.1. The van der Waals surface area contributed by atoms with Crippen molar-refractivity contribution >= 4 is 27.5 Å². The molecule has 0 aliphatic carbocycles. The summed E-state index contributed by atoms with van der Waals surface area (Å²) in [6, 6.07) is 6.31. The molecular weight excluding hydrogens is 247 g/mol. The van der Waals surface area contributed by atoms with Gasteiger partial charge in [-0.25, -0.2) is 0 Å². The minimum atomic E-state index is 0.184. The van der Waals surface area contributed by atoms with E-state index in [0.29, 0.717) is 5.88 Å². The van der Waals surface area contributed by atoms with Crippen LogP contribution in [0.3, 0.4) is 0 Å². The van der Waals surface area contributed by atoms with Gasteiger partial charge in [0.1, 0.15) is 0 Å². The summed E-state index contributed by atoms with van der Waals surface area (Å²) in [5.74, 6) is 0.572. The molecule has 2 heteroatoms. The Morgan fingerprint density at radius 1 is 1.31 bits per heavy atom. The first-order chi connectivity index (χ1) is 5.95. The molecule has 13 heavy (non-hydrogen) atoms. The predicted octanol–water partition coefficient (Wildman–Crippen LogP) is 4.49. The van der Waals surface area contributed by atoms with E-state index in [-0.39, 0.29) is 5.41 Å². The van der Waals surface area contributed by atoms with Gasteiger partial charge in [0.2, 0.25) is 0 Å². The summed E-state index contributed by atoms with van der Waals surface area (Å²) in [5, 5.41) is 0. The smallest absolute Gasteiger partial charge is 0.0474 e. The van der Waals surface area contributed by atoms with Crippen molar-refractivity contribution in [2.45, 2.75) is 32.1 Å². The molecular formula is C11H14BrCl. The van der Waals surface area contributed by atoms with Gasteiger partial charge in [0, 0.05) is 10.4 Å². The molecule has 0 saturated heterocycles. The van der Waals surface area contributed by atoms with Crippen molar-refractivity contribution < 1.29 is 0 Å². The predicted molar refractivity (Wildman–Crippen MR) is 62.4 cm³/mol. The summed E-state index contributed by atoms with van der Waals surface area (Å²) >= 11 is 9.31. The zero-order valence-electron chi connectivity index (χ0n) is 8.20. The summed E-state index contributed by atoms with van der Waals surface area (Å²) in [6.07, 6.45) is 0. The zero-order chi connectivity index (χ0) is 10.1. The average molecular weight is 262 g/mol. The molecule has 0 aliphatic rings. The maximum atomic E-state index is 5.74. The van der Waals surface area contributed by atoms with Crippen LogP contribution < -0.4 is 0 Å². The van der Waals surface area contributed by atoms with Crippen molar-refractivity contribution in [2.24, 2.45) is 0 Å². The monoisotopic (exact) mass is 260 g/mol. The Labute approximate surface area is 93.4 Å². The number of halogens is 2. The lowest BCUT2D eigenvalue weighted by atomic mass is 9.87. The lowest BCUT2D eigenvalue weighted by Gasteiger charge is -2.21. The topological polar surface area (TPSA) is 0 Å². The highest BCUT2D eigenvalue weighted by molar-refractivity contribution is 9.10. The van der Waals surface area contributed by atoms with Gasteiger partial charge >= 0.3 is 0 Å². The first-order valence-electron chi connectivity index (χ1n) is 4.30. The molecule has 0 unspecified atom stereocenters. The van der Waals surface area contributed by atoms with E-state index in [0.717, 1.165) is 10.0 Å². The van der Waals surface area contributed by atoms with Crippen LogP contribution in [0.15, 0.2) is 22.7 Å². The Bertz CT molecular complexity index is 299. The highest BCUT2D eigenvalue weighted by atomic mass is 79.9. The number of hydrogen-bond donors (Lipinski definition) is 0. The van der Waals surface area contributed by atoms with Crippen molar-refractivity contribution in [2.75, 3.05) is 0 Å². The van der Waals surface area contributed by atoms with E-state index in [1.807, 2.05) is 0 Å². The summed E-state index contributed by atoms with van der Waals surface area (Å²) < 4.78 is 1.15. The van der Waals surface area contributed by atoms with Gasteiger partial charge in [-0.1, -0.05) is 48.8 Å². The largest absolute Gasteiger partial charge is 0.122 e. The molecule has 1 rings (SSSR count). The van der Waals surface area contributed by atoms with E-state index in [9.17, 15) is 0 Å². The normalized spacial score (nSPS) is 11.8. The molecule has 0 saturated carbocycles. The van der Waals surface area contributed by atoms with Gasteiger partial charge in [-0.3, -0.25) is 0 Å². The Morgan fingerprint density at radius 2 is 1.92 bits per heavy atom. The fourth-order valence-corrected chi connectivity index (χ4v) is 2.44. The molecule has 0 bridgehead atoms. The molecule has 72 valence electrons. The molecule has 0 nitrogen and oxygen atoms in total. The van der Waals surface area contributed by atoms with Crippen LogP contribution in [0.5, 0.6) is 0 Å². The molecule has 0 spiro atoms. The van der Waals surface area contributed by atoms with Crippen molar-refractivity contribution in [3.8, 4) is 0 Å². The van der Waals surface area contributed by atoms with Gasteiger partial charge in [0.05, 0.1) is 0 Å². The minimum Gasteiger partial charge on any atom is -0.122 e. The Balaban J connectivity index is 3.13. The van der Waals surface area contributed by atoms with Gasteiger partial charge in [-0.15, -0.1) is 11.6 Å². The lowest BCUT2D eigenvalue weighted by Crippen LogP contribution is -2.11. The third-order valence-corrected chi connectivity index (χ3v) is 2.96. The Kier molecular flexibility index (Phi) is 3.42. The number of alkyl halides is 1.